The first-order chi connectivity index (χ1) is 17.6. The van der Waals surface area contributed by atoms with Crippen LogP contribution in [0.2, 0.25) is 0 Å². The summed E-state index contributed by atoms with van der Waals surface area (Å²) in [5.41, 5.74) is 4.96. The second-order valence-corrected chi connectivity index (χ2v) is 8.85. The van der Waals surface area contributed by atoms with Crippen LogP contribution in [0.4, 0.5) is 18.9 Å². The predicted molar refractivity (Wildman–Crippen MR) is 133 cm³/mol. The number of benzene rings is 2. The van der Waals surface area contributed by atoms with Crippen molar-refractivity contribution in [2.45, 2.75) is 33.5 Å². The van der Waals surface area contributed by atoms with Gasteiger partial charge in [0.25, 0.3) is 5.91 Å². The average molecular weight is 505 g/mol. The first kappa shape index (κ1) is 24.2. The van der Waals surface area contributed by atoms with Crippen molar-refractivity contribution in [1.29, 1.82) is 0 Å². The van der Waals surface area contributed by atoms with E-state index in [1.807, 2.05) is 37.3 Å². The Bertz CT molecular complexity index is 1620. The summed E-state index contributed by atoms with van der Waals surface area (Å²) < 4.78 is 42.5. The van der Waals surface area contributed by atoms with Crippen molar-refractivity contribution in [3.63, 3.8) is 0 Å². The molecule has 0 spiro atoms. The zero-order valence-corrected chi connectivity index (χ0v) is 20.3. The summed E-state index contributed by atoms with van der Waals surface area (Å²) in [5, 5.41) is 11.7. The van der Waals surface area contributed by atoms with Gasteiger partial charge in [-0.3, -0.25) is 9.48 Å². The summed E-state index contributed by atoms with van der Waals surface area (Å²) >= 11 is 0. The van der Waals surface area contributed by atoms with Gasteiger partial charge in [0.2, 0.25) is 0 Å². The van der Waals surface area contributed by atoms with Gasteiger partial charge in [0.05, 0.1) is 41.1 Å². The standard InChI is InChI=1S/C27H23F3N6O/c1-16-7-9-20(10-8-16)23-11-12-31-25-22(14-32-36(23)25)26(37)33-24-17(2)34-35(18(24)3)15-19-5-4-6-21(13-19)27(28,29)30/h4-14H,15H2,1-3H3,(H,33,37). The normalized spacial score (nSPS) is 11.7. The number of rotatable bonds is 5. The fourth-order valence-corrected chi connectivity index (χ4v) is 4.23. The Hall–Kier alpha value is -4.47. The van der Waals surface area contributed by atoms with Gasteiger partial charge in [-0.15, -0.1) is 0 Å². The molecule has 7 nitrogen and oxygen atoms in total. The predicted octanol–water partition coefficient (Wildman–Crippen LogP) is 5.84. The number of halogens is 3. The van der Waals surface area contributed by atoms with Crippen LogP contribution in [0.25, 0.3) is 16.9 Å². The molecule has 1 N–H and O–H groups in total. The summed E-state index contributed by atoms with van der Waals surface area (Å²) in [6.07, 6.45) is -1.33. The molecule has 10 heteroatoms. The van der Waals surface area contributed by atoms with E-state index in [9.17, 15) is 18.0 Å². The van der Waals surface area contributed by atoms with Crippen molar-refractivity contribution in [2.24, 2.45) is 0 Å². The van der Waals surface area contributed by atoms with Crippen LogP contribution in [0.5, 0.6) is 0 Å². The number of hydrogen-bond donors (Lipinski definition) is 1. The van der Waals surface area contributed by atoms with Crippen molar-refractivity contribution >= 4 is 17.2 Å². The second-order valence-electron chi connectivity index (χ2n) is 8.85. The molecule has 0 saturated heterocycles. The topological polar surface area (TPSA) is 77.1 Å². The molecule has 0 bridgehead atoms. The Morgan fingerprint density at radius 1 is 1.03 bits per heavy atom. The van der Waals surface area contributed by atoms with Gasteiger partial charge in [-0.25, -0.2) is 9.50 Å². The van der Waals surface area contributed by atoms with Gasteiger partial charge in [0, 0.05) is 11.8 Å². The highest BCUT2D eigenvalue weighted by molar-refractivity contribution is 6.08. The monoisotopic (exact) mass is 504 g/mol. The molecule has 0 aliphatic rings. The van der Waals surface area contributed by atoms with Gasteiger partial charge in [-0.05, 0) is 44.5 Å². The van der Waals surface area contributed by atoms with E-state index in [0.717, 1.165) is 29.0 Å². The smallest absolute Gasteiger partial charge is 0.319 e. The lowest BCUT2D eigenvalue weighted by Crippen LogP contribution is -2.14. The van der Waals surface area contributed by atoms with Crippen LogP contribution in [0.15, 0.2) is 67.0 Å². The minimum Gasteiger partial charge on any atom is -0.319 e. The lowest BCUT2D eigenvalue weighted by molar-refractivity contribution is -0.137. The van der Waals surface area contributed by atoms with E-state index in [0.29, 0.717) is 33.8 Å². The summed E-state index contributed by atoms with van der Waals surface area (Å²) in [6.45, 7) is 5.63. The highest BCUT2D eigenvalue weighted by Crippen LogP contribution is 2.30. The maximum atomic E-state index is 13.2. The number of aryl methyl sites for hydroxylation is 2. The van der Waals surface area contributed by atoms with Gasteiger partial charge >= 0.3 is 6.18 Å². The average Bonchev–Trinajstić information content (AvgIpc) is 3.41. The van der Waals surface area contributed by atoms with Crippen LogP contribution >= 0.6 is 0 Å². The number of hydrogen-bond acceptors (Lipinski definition) is 4. The SMILES string of the molecule is Cc1ccc(-c2ccnc3c(C(=O)Nc4c(C)nn(Cc5cccc(C(F)(F)F)c5)c4C)cnn23)cc1. The lowest BCUT2D eigenvalue weighted by Gasteiger charge is -2.10. The van der Waals surface area contributed by atoms with Crippen LogP contribution in [0.3, 0.4) is 0 Å². The minimum atomic E-state index is -4.42. The van der Waals surface area contributed by atoms with E-state index in [4.69, 9.17) is 0 Å². The summed E-state index contributed by atoms with van der Waals surface area (Å²) in [5.74, 6) is -0.409. The molecule has 0 radical (unpaired) electrons. The number of nitrogens with zero attached hydrogens (tertiary/aromatic N) is 5. The van der Waals surface area contributed by atoms with Gasteiger partial charge in [0.1, 0.15) is 5.56 Å². The van der Waals surface area contributed by atoms with E-state index in [1.165, 1.54) is 12.3 Å². The number of amides is 1. The van der Waals surface area contributed by atoms with E-state index >= 15 is 0 Å². The summed E-state index contributed by atoms with van der Waals surface area (Å²) in [6, 6.07) is 14.9. The maximum Gasteiger partial charge on any atom is 0.416 e. The van der Waals surface area contributed by atoms with Crippen LogP contribution in [0.1, 0.15) is 38.4 Å². The highest BCUT2D eigenvalue weighted by Gasteiger charge is 2.30. The lowest BCUT2D eigenvalue weighted by atomic mass is 10.1. The molecule has 3 aromatic heterocycles. The third kappa shape index (κ3) is 4.69. The molecule has 3 heterocycles. The van der Waals surface area contributed by atoms with E-state index in [2.05, 4.69) is 20.5 Å². The fourth-order valence-electron chi connectivity index (χ4n) is 4.23. The molecule has 188 valence electrons. The van der Waals surface area contributed by atoms with Crippen molar-refractivity contribution in [3.8, 4) is 11.3 Å². The summed E-state index contributed by atoms with van der Waals surface area (Å²) in [4.78, 5) is 17.6. The number of aromatic nitrogens is 5. The van der Waals surface area contributed by atoms with E-state index in [1.54, 1.807) is 35.3 Å². The van der Waals surface area contributed by atoms with Crippen LogP contribution in [-0.4, -0.2) is 30.3 Å². The fraction of sp³-hybridized carbons (Fsp3) is 0.185. The van der Waals surface area contributed by atoms with Gasteiger partial charge in [-0.1, -0.05) is 42.0 Å². The molecular weight excluding hydrogens is 481 g/mol. The third-order valence-electron chi connectivity index (χ3n) is 6.20. The molecule has 0 fully saturated rings. The van der Waals surface area contributed by atoms with Crippen LogP contribution in [0, 0.1) is 20.8 Å². The molecule has 2 aromatic carbocycles. The first-order valence-corrected chi connectivity index (χ1v) is 11.5. The van der Waals surface area contributed by atoms with Crippen molar-refractivity contribution < 1.29 is 18.0 Å². The molecule has 1 amide bonds. The quantitative estimate of drug-likeness (QED) is 0.326. The molecule has 0 aliphatic heterocycles. The van der Waals surface area contributed by atoms with Gasteiger partial charge in [0.15, 0.2) is 5.65 Å². The molecule has 37 heavy (non-hydrogen) atoms. The second kappa shape index (κ2) is 9.20. The largest absolute Gasteiger partial charge is 0.416 e. The first-order valence-electron chi connectivity index (χ1n) is 11.5. The molecule has 0 atom stereocenters. The van der Waals surface area contributed by atoms with Crippen LogP contribution < -0.4 is 5.32 Å². The van der Waals surface area contributed by atoms with E-state index in [-0.39, 0.29) is 6.54 Å². The van der Waals surface area contributed by atoms with E-state index < -0.39 is 17.6 Å². The van der Waals surface area contributed by atoms with Crippen LogP contribution in [-0.2, 0) is 12.7 Å². The Morgan fingerprint density at radius 2 is 1.78 bits per heavy atom. The highest BCUT2D eigenvalue weighted by atomic mass is 19.4. The Labute approximate surface area is 210 Å². The number of nitrogens with one attached hydrogen (secondary N) is 1. The number of carbonyl (C=O) groups excluding carboxylic acids is 1. The zero-order chi connectivity index (χ0) is 26.3. The number of alkyl halides is 3. The third-order valence-corrected chi connectivity index (χ3v) is 6.20. The molecular formula is C27H23F3N6O. The summed E-state index contributed by atoms with van der Waals surface area (Å²) in [7, 11) is 0. The number of anilines is 1. The molecule has 0 aliphatic carbocycles. The molecule has 5 aromatic rings. The molecule has 0 saturated carbocycles. The Balaban J connectivity index is 1.41. The maximum absolute atomic E-state index is 13.2. The van der Waals surface area contributed by atoms with Crippen molar-refractivity contribution in [2.75, 3.05) is 5.32 Å². The minimum absolute atomic E-state index is 0.130. The van der Waals surface area contributed by atoms with Crippen molar-refractivity contribution in [1.82, 2.24) is 24.4 Å². The zero-order valence-electron chi connectivity index (χ0n) is 20.3. The van der Waals surface area contributed by atoms with Crippen molar-refractivity contribution in [3.05, 3.63) is 101 Å². The number of fused-ring (bicyclic) bond motifs is 1. The van der Waals surface area contributed by atoms with Gasteiger partial charge in [-0.2, -0.15) is 23.4 Å². The Morgan fingerprint density at radius 3 is 2.51 bits per heavy atom. The molecule has 5 rings (SSSR count). The number of carbonyl (C=O) groups is 1. The Kier molecular flexibility index (Phi) is 6.02. The van der Waals surface area contributed by atoms with Gasteiger partial charge < -0.3 is 5.32 Å². The molecule has 0 unspecified atom stereocenters.